The van der Waals surface area contributed by atoms with E-state index in [-0.39, 0.29) is 0 Å². The first-order valence-electron chi connectivity index (χ1n) is 8.24. The molecule has 1 aromatic rings. The molecule has 2 saturated carbocycles. The summed E-state index contributed by atoms with van der Waals surface area (Å²) in [5, 5.41) is 8.65. The summed E-state index contributed by atoms with van der Waals surface area (Å²) in [6, 6.07) is 3.26. The van der Waals surface area contributed by atoms with Gasteiger partial charge in [0.15, 0.2) is 0 Å². The molecule has 2 aliphatic rings. The summed E-state index contributed by atoms with van der Waals surface area (Å²) in [5.74, 6) is 0. The highest BCUT2D eigenvalue weighted by Gasteiger charge is 2.22. The molecule has 1 N–H and O–H groups in total. The third-order valence-electron chi connectivity index (χ3n) is 4.84. The Bertz CT molecular complexity index is 412. The highest BCUT2D eigenvalue weighted by Crippen LogP contribution is 2.27. The molecule has 2 fully saturated rings. The fourth-order valence-electron chi connectivity index (χ4n) is 3.57. The second kappa shape index (κ2) is 6.95. The quantitative estimate of drug-likeness (QED) is 0.850. The van der Waals surface area contributed by atoms with Crippen molar-refractivity contribution in [1.29, 1.82) is 0 Å². The van der Waals surface area contributed by atoms with Crippen LogP contribution in [-0.4, -0.2) is 21.2 Å². The van der Waals surface area contributed by atoms with Crippen LogP contribution in [0.4, 0.5) is 0 Å². The summed E-state index contributed by atoms with van der Waals surface area (Å²) < 4.78 is 2.19. The van der Waals surface area contributed by atoms with Crippen molar-refractivity contribution in [3.63, 3.8) is 0 Å². The maximum absolute atomic E-state index is 6.39. The predicted octanol–water partition coefficient (Wildman–Crippen LogP) is 4.03. The number of rotatable bonds is 4. The van der Waals surface area contributed by atoms with Gasteiger partial charge in [0.25, 0.3) is 0 Å². The third-order valence-corrected chi connectivity index (χ3v) is 5.36. The van der Waals surface area contributed by atoms with Crippen LogP contribution in [0.3, 0.4) is 0 Å². The molecule has 3 rings (SSSR count). The summed E-state index contributed by atoms with van der Waals surface area (Å²) in [6.45, 7) is 0.855. The molecule has 112 valence electrons. The molecule has 4 heteroatoms. The normalized spacial score (nSPS) is 28.6. The number of hydrogen-bond acceptors (Lipinski definition) is 2. The van der Waals surface area contributed by atoms with Gasteiger partial charge in [0.1, 0.15) is 0 Å². The van der Waals surface area contributed by atoms with Gasteiger partial charge in [-0.2, -0.15) is 5.10 Å². The van der Waals surface area contributed by atoms with Crippen molar-refractivity contribution in [2.75, 3.05) is 0 Å². The predicted molar refractivity (Wildman–Crippen MR) is 83.1 cm³/mol. The van der Waals surface area contributed by atoms with E-state index in [1.54, 1.807) is 0 Å². The summed E-state index contributed by atoms with van der Waals surface area (Å²) >= 11 is 6.39. The van der Waals surface area contributed by atoms with Gasteiger partial charge in [0, 0.05) is 24.2 Å². The van der Waals surface area contributed by atoms with Crippen LogP contribution in [0.15, 0.2) is 12.3 Å². The molecule has 0 amide bonds. The van der Waals surface area contributed by atoms with Crippen LogP contribution in [0.5, 0.6) is 0 Å². The topological polar surface area (TPSA) is 29.9 Å². The fourth-order valence-corrected chi connectivity index (χ4v) is 3.94. The van der Waals surface area contributed by atoms with E-state index >= 15 is 0 Å². The van der Waals surface area contributed by atoms with Crippen molar-refractivity contribution in [3.8, 4) is 0 Å². The highest BCUT2D eigenvalue weighted by atomic mass is 35.5. The minimum absolute atomic E-state index is 0.296. The average Bonchev–Trinajstić information content (AvgIpc) is 2.96. The molecule has 3 nitrogen and oxygen atoms in total. The van der Waals surface area contributed by atoms with E-state index in [0.717, 1.165) is 18.7 Å². The Morgan fingerprint density at radius 1 is 1.10 bits per heavy atom. The molecule has 1 heterocycles. The standard InChI is InChI=1S/C16H26ClN3/c17-15-8-4-5-9-16(15)18-12-13-10-11-20(19-13)14-6-2-1-3-7-14/h10-11,14-16,18H,1-9,12H2. The number of nitrogens with one attached hydrogen (secondary N) is 1. The first-order valence-corrected chi connectivity index (χ1v) is 8.68. The van der Waals surface area contributed by atoms with Gasteiger partial charge in [0.05, 0.1) is 11.7 Å². The Labute approximate surface area is 127 Å². The summed E-state index contributed by atoms with van der Waals surface area (Å²) in [4.78, 5) is 0. The monoisotopic (exact) mass is 295 g/mol. The molecule has 2 atom stereocenters. The van der Waals surface area contributed by atoms with Crippen LogP contribution < -0.4 is 5.32 Å². The molecule has 0 aliphatic heterocycles. The molecule has 0 radical (unpaired) electrons. The van der Waals surface area contributed by atoms with E-state index in [9.17, 15) is 0 Å². The Balaban J connectivity index is 1.51. The van der Waals surface area contributed by atoms with Crippen molar-refractivity contribution in [1.82, 2.24) is 15.1 Å². The fraction of sp³-hybridized carbons (Fsp3) is 0.812. The van der Waals surface area contributed by atoms with Crippen LogP contribution in [-0.2, 0) is 6.54 Å². The van der Waals surface area contributed by atoms with E-state index in [4.69, 9.17) is 16.7 Å². The molecule has 0 spiro atoms. The van der Waals surface area contributed by atoms with Crippen LogP contribution >= 0.6 is 11.6 Å². The molecule has 0 aromatic carbocycles. The maximum Gasteiger partial charge on any atom is 0.0762 e. The van der Waals surface area contributed by atoms with Crippen molar-refractivity contribution >= 4 is 11.6 Å². The molecular formula is C16H26ClN3. The lowest BCUT2D eigenvalue weighted by molar-refractivity contribution is 0.326. The van der Waals surface area contributed by atoms with Gasteiger partial charge in [-0.25, -0.2) is 0 Å². The van der Waals surface area contributed by atoms with Crippen molar-refractivity contribution in [2.24, 2.45) is 0 Å². The van der Waals surface area contributed by atoms with Crippen LogP contribution in [0.1, 0.15) is 69.5 Å². The average molecular weight is 296 g/mol. The van der Waals surface area contributed by atoms with Crippen molar-refractivity contribution in [3.05, 3.63) is 18.0 Å². The van der Waals surface area contributed by atoms with Gasteiger partial charge >= 0.3 is 0 Å². The van der Waals surface area contributed by atoms with E-state index in [1.807, 2.05) is 0 Å². The SMILES string of the molecule is ClC1CCCCC1NCc1ccn(C2CCCCC2)n1. The van der Waals surface area contributed by atoms with E-state index in [1.165, 1.54) is 51.4 Å². The Morgan fingerprint density at radius 3 is 2.65 bits per heavy atom. The molecule has 0 bridgehead atoms. The number of alkyl halides is 1. The van der Waals surface area contributed by atoms with Gasteiger partial charge in [0.2, 0.25) is 0 Å². The molecule has 20 heavy (non-hydrogen) atoms. The largest absolute Gasteiger partial charge is 0.307 e. The molecule has 2 unspecified atom stereocenters. The molecular weight excluding hydrogens is 270 g/mol. The second-order valence-electron chi connectivity index (χ2n) is 6.37. The minimum Gasteiger partial charge on any atom is -0.307 e. The van der Waals surface area contributed by atoms with Crippen molar-refractivity contribution < 1.29 is 0 Å². The third kappa shape index (κ3) is 3.56. The van der Waals surface area contributed by atoms with Gasteiger partial charge in [-0.1, -0.05) is 32.1 Å². The summed E-state index contributed by atoms with van der Waals surface area (Å²) in [5.41, 5.74) is 1.16. The number of aromatic nitrogens is 2. The minimum atomic E-state index is 0.296. The van der Waals surface area contributed by atoms with Gasteiger partial charge < -0.3 is 5.32 Å². The van der Waals surface area contributed by atoms with E-state index < -0.39 is 0 Å². The molecule has 0 saturated heterocycles. The second-order valence-corrected chi connectivity index (χ2v) is 6.93. The number of nitrogens with zero attached hydrogens (tertiary/aromatic N) is 2. The summed E-state index contributed by atoms with van der Waals surface area (Å²) in [6.07, 6.45) is 13.8. The highest BCUT2D eigenvalue weighted by molar-refractivity contribution is 6.21. The first-order chi connectivity index (χ1) is 9.83. The summed E-state index contributed by atoms with van der Waals surface area (Å²) in [7, 11) is 0. The van der Waals surface area contributed by atoms with Crippen LogP contribution in [0.2, 0.25) is 0 Å². The van der Waals surface area contributed by atoms with Crippen LogP contribution in [0, 0.1) is 0 Å². The lowest BCUT2D eigenvalue weighted by atomic mass is 9.95. The Morgan fingerprint density at radius 2 is 1.85 bits per heavy atom. The van der Waals surface area contributed by atoms with Crippen molar-refractivity contribution in [2.45, 2.75) is 81.8 Å². The first kappa shape index (κ1) is 14.4. The van der Waals surface area contributed by atoms with Gasteiger partial charge in [-0.3, -0.25) is 4.68 Å². The number of halogens is 1. The Hall–Kier alpha value is -0.540. The number of hydrogen-bond donors (Lipinski definition) is 1. The zero-order valence-electron chi connectivity index (χ0n) is 12.2. The van der Waals surface area contributed by atoms with E-state index in [2.05, 4.69) is 22.3 Å². The van der Waals surface area contributed by atoms with Crippen LogP contribution in [0.25, 0.3) is 0 Å². The Kier molecular flexibility index (Phi) is 5.00. The zero-order chi connectivity index (χ0) is 13.8. The van der Waals surface area contributed by atoms with Gasteiger partial charge in [-0.15, -0.1) is 11.6 Å². The molecule has 1 aromatic heterocycles. The van der Waals surface area contributed by atoms with E-state index in [0.29, 0.717) is 17.5 Å². The smallest absolute Gasteiger partial charge is 0.0762 e. The molecule has 2 aliphatic carbocycles. The zero-order valence-corrected chi connectivity index (χ0v) is 13.0. The lowest BCUT2D eigenvalue weighted by Gasteiger charge is -2.27. The maximum atomic E-state index is 6.39. The lowest BCUT2D eigenvalue weighted by Crippen LogP contribution is -2.38. The van der Waals surface area contributed by atoms with Gasteiger partial charge in [-0.05, 0) is 31.7 Å².